The van der Waals surface area contributed by atoms with Crippen molar-refractivity contribution in [2.24, 2.45) is 10.3 Å². The van der Waals surface area contributed by atoms with Gasteiger partial charge < -0.3 is 14.8 Å². The van der Waals surface area contributed by atoms with E-state index >= 15 is 0 Å². The van der Waals surface area contributed by atoms with E-state index in [9.17, 15) is 14.4 Å². The molecule has 5 rings (SSSR count). The molecule has 3 amide bonds. The molecule has 2 aromatic rings. The monoisotopic (exact) mass is 441 g/mol. The highest BCUT2D eigenvalue weighted by molar-refractivity contribution is 6.31. The minimum Gasteiger partial charge on any atom is -0.486 e. The maximum atomic E-state index is 12.9. The topological polar surface area (TPSA) is 113 Å². The summed E-state index contributed by atoms with van der Waals surface area (Å²) in [6.45, 7) is 0.662. The molecule has 0 saturated carbocycles. The highest BCUT2D eigenvalue weighted by atomic mass is 35.5. The molecule has 0 radical (unpaired) electrons. The second kappa shape index (κ2) is 7.55. The van der Waals surface area contributed by atoms with Crippen LogP contribution in [0.2, 0.25) is 5.02 Å². The van der Waals surface area contributed by atoms with E-state index in [0.717, 1.165) is 4.90 Å². The predicted octanol–water partition coefficient (Wildman–Crippen LogP) is 2.04. The fourth-order valence-electron chi connectivity index (χ4n) is 3.67. The van der Waals surface area contributed by atoms with Crippen molar-refractivity contribution in [3.63, 3.8) is 0 Å². The Bertz CT molecular complexity index is 1110. The summed E-state index contributed by atoms with van der Waals surface area (Å²) in [5, 5.41) is 12.2. The number of ether oxygens (including phenoxy) is 2. The van der Waals surface area contributed by atoms with Crippen LogP contribution >= 0.6 is 11.6 Å². The number of benzene rings is 2. The molecule has 2 aromatic carbocycles. The SMILES string of the molecule is O=C(CN1N=N[C@@H]2C(=O)N(c3ccc(Cl)cc3)C(=O)[C@@H]21)Nc1ccc2c(c1)OCCO2. The smallest absolute Gasteiger partial charge is 0.263 e. The van der Waals surface area contributed by atoms with E-state index in [0.29, 0.717) is 41.1 Å². The number of anilines is 2. The van der Waals surface area contributed by atoms with E-state index in [4.69, 9.17) is 21.1 Å². The second-order valence-electron chi connectivity index (χ2n) is 7.09. The van der Waals surface area contributed by atoms with Crippen LogP contribution in [0.4, 0.5) is 11.4 Å². The molecule has 2 atom stereocenters. The molecule has 3 aliphatic heterocycles. The minimum atomic E-state index is -0.981. The summed E-state index contributed by atoms with van der Waals surface area (Å²) in [7, 11) is 0. The lowest BCUT2D eigenvalue weighted by molar-refractivity contribution is -0.123. The van der Waals surface area contributed by atoms with Gasteiger partial charge in [-0.2, -0.15) is 5.11 Å². The molecule has 1 fully saturated rings. The van der Waals surface area contributed by atoms with Crippen molar-refractivity contribution in [1.82, 2.24) is 5.01 Å². The lowest BCUT2D eigenvalue weighted by atomic mass is 10.1. The van der Waals surface area contributed by atoms with Crippen molar-refractivity contribution in [1.29, 1.82) is 0 Å². The van der Waals surface area contributed by atoms with Gasteiger partial charge in [0, 0.05) is 16.8 Å². The molecule has 0 unspecified atom stereocenters. The average molecular weight is 442 g/mol. The van der Waals surface area contributed by atoms with Crippen LogP contribution in [0.25, 0.3) is 0 Å². The number of halogens is 1. The Morgan fingerprint density at radius 2 is 1.81 bits per heavy atom. The standard InChI is InChI=1S/C20H16ClN5O5/c21-11-1-4-13(5-2-11)26-19(28)17-18(20(26)29)25(24-23-17)10-16(27)22-12-3-6-14-15(9-12)31-8-7-30-14/h1-6,9,17-18H,7-8,10H2,(H,22,27)/t17-,18+/m0/s1. The van der Waals surface area contributed by atoms with Crippen LogP contribution in [0.15, 0.2) is 52.8 Å². The van der Waals surface area contributed by atoms with Gasteiger partial charge in [-0.1, -0.05) is 16.8 Å². The van der Waals surface area contributed by atoms with Crippen molar-refractivity contribution in [2.45, 2.75) is 12.1 Å². The molecule has 0 aliphatic carbocycles. The number of nitrogens with zero attached hydrogens (tertiary/aromatic N) is 4. The van der Waals surface area contributed by atoms with Crippen LogP contribution in [0.5, 0.6) is 11.5 Å². The van der Waals surface area contributed by atoms with Gasteiger partial charge >= 0.3 is 0 Å². The molecule has 158 valence electrons. The Balaban J connectivity index is 1.28. The van der Waals surface area contributed by atoms with E-state index in [1.54, 1.807) is 42.5 Å². The lowest BCUT2D eigenvalue weighted by Crippen LogP contribution is -2.43. The molecule has 3 heterocycles. The van der Waals surface area contributed by atoms with Gasteiger partial charge in [-0.25, -0.2) is 4.90 Å². The maximum Gasteiger partial charge on any atom is 0.263 e. The fraction of sp³-hybridized carbons (Fsp3) is 0.250. The largest absolute Gasteiger partial charge is 0.486 e. The van der Waals surface area contributed by atoms with Crippen molar-refractivity contribution in [3.05, 3.63) is 47.5 Å². The maximum absolute atomic E-state index is 12.9. The van der Waals surface area contributed by atoms with Gasteiger partial charge in [0.05, 0.1) is 5.69 Å². The second-order valence-corrected chi connectivity index (χ2v) is 7.52. The highest BCUT2D eigenvalue weighted by Crippen LogP contribution is 2.34. The summed E-state index contributed by atoms with van der Waals surface area (Å²) in [6.07, 6.45) is 0. The molecule has 1 N–H and O–H groups in total. The van der Waals surface area contributed by atoms with Gasteiger partial charge in [0.15, 0.2) is 23.6 Å². The average Bonchev–Trinajstić information content (AvgIpc) is 3.28. The van der Waals surface area contributed by atoms with E-state index in [2.05, 4.69) is 15.7 Å². The van der Waals surface area contributed by atoms with E-state index in [1.165, 1.54) is 5.01 Å². The first-order valence-electron chi connectivity index (χ1n) is 9.51. The minimum absolute atomic E-state index is 0.243. The van der Waals surface area contributed by atoms with Crippen molar-refractivity contribution < 1.29 is 23.9 Å². The number of imide groups is 1. The molecule has 31 heavy (non-hydrogen) atoms. The third-order valence-corrected chi connectivity index (χ3v) is 5.33. The Morgan fingerprint density at radius 1 is 1.06 bits per heavy atom. The van der Waals surface area contributed by atoms with Crippen LogP contribution in [-0.2, 0) is 14.4 Å². The molecule has 1 saturated heterocycles. The van der Waals surface area contributed by atoms with Crippen molar-refractivity contribution in [2.75, 3.05) is 30.0 Å². The molecule has 0 bridgehead atoms. The Morgan fingerprint density at radius 3 is 2.58 bits per heavy atom. The number of carbonyl (C=O) groups is 3. The summed E-state index contributed by atoms with van der Waals surface area (Å²) in [5.41, 5.74) is 0.906. The first-order valence-corrected chi connectivity index (χ1v) is 9.89. The molecule has 0 spiro atoms. The first kappa shape index (κ1) is 19.3. The predicted molar refractivity (Wildman–Crippen MR) is 109 cm³/mol. The van der Waals surface area contributed by atoms with Crippen LogP contribution in [0.3, 0.4) is 0 Å². The van der Waals surface area contributed by atoms with E-state index in [-0.39, 0.29) is 6.54 Å². The normalized spacial score (nSPS) is 21.5. The van der Waals surface area contributed by atoms with Crippen molar-refractivity contribution >= 4 is 40.7 Å². The molecule has 3 aliphatic rings. The fourth-order valence-corrected chi connectivity index (χ4v) is 3.79. The van der Waals surface area contributed by atoms with Gasteiger partial charge in [0.2, 0.25) is 5.91 Å². The number of rotatable bonds is 4. The summed E-state index contributed by atoms with van der Waals surface area (Å²) < 4.78 is 11.0. The van der Waals surface area contributed by atoms with Crippen LogP contribution in [0.1, 0.15) is 0 Å². The molecule has 11 heteroatoms. The summed E-state index contributed by atoms with van der Waals surface area (Å²) >= 11 is 5.88. The molecular weight excluding hydrogens is 426 g/mol. The number of carbonyl (C=O) groups excluding carboxylic acids is 3. The van der Waals surface area contributed by atoms with Gasteiger partial charge in [0.1, 0.15) is 19.8 Å². The Labute approximate surface area is 181 Å². The van der Waals surface area contributed by atoms with E-state index < -0.39 is 29.8 Å². The number of nitrogens with one attached hydrogen (secondary N) is 1. The lowest BCUT2D eigenvalue weighted by Gasteiger charge is -2.21. The van der Waals surface area contributed by atoms with Gasteiger partial charge in [-0.3, -0.25) is 19.4 Å². The van der Waals surface area contributed by atoms with E-state index in [1.807, 2.05) is 0 Å². The Kier molecular flexibility index (Phi) is 4.70. The third kappa shape index (κ3) is 3.44. The number of hydrogen-bond acceptors (Lipinski definition) is 8. The van der Waals surface area contributed by atoms with Gasteiger partial charge in [-0.15, -0.1) is 0 Å². The molecule has 0 aromatic heterocycles. The zero-order valence-electron chi connectivity index (χ0n) is 16.0. The van der Waals surface area contributed by atoms with Crippen LogP contribution < -0.4 is 19.7 Å². The molecule has 10 nitrogen and oxygen atoms in total. The van der Waals surface area contributed by atoms with Gasteiger partial charge in [-0.05, 0) is 36.4 Å². The number of fused-ring (bicyclic) bond motifs is 2. The number of hydrogen-bond donors (Lipinski definition) is 1. The van der Waals surface area contributed by atoms with Crippen molar-refractivity contribution in [3.8, 4) is 11.5 Å². The van der Waals surface area contributed by atoms with Crippen LogP contribution in [-0.4, -0.2) is 54.6 Å². The van der Waals surface area contributed by atoms with Gasteiger partial charge in [0.25, 0.3) is 11.8 Å². The highest BCUT2D eigenvalue weighted by Gasteiger charge is 2.55. The summed E-state index contributed by atoms with van der Waals surface area (Å²) in [6, 6.07) is 9.44. The summed E-state index contributed by atoms with van der Waals surface area (Å²) in [4.78, 5) is 39.3. The summed E-state index contributed by atoms with van der Waals surface area (Å²) in [5.74, 6) is -0.246. The molecular formula is C20H16ClN5O5. The zero-order valence-corrected chi connectivity index (χ0v) is 16.8. The Hall–Kier alpha value is -3.66. The van der Waals surface area contributed by atoms with Crippen LogP contribution in [0, 0.1) is 0 Å². The quantitative estimate of drug-likeness (QED) is 0.726. The first-order chi connectivity index (χ1) is 15.0. The third-order valence-electron chi connectivity index (χ3n) is 5.07. The zero-order chi connectivity index (χ0) is 21.5. The number of amides is 3.